The largest absolute Gasteiger partial charge is 0.506 e. The molecule has 0 unspecified atom stereocenters. The summed E-state index contributed by atoms with van der Waals surface area (Å²) in [6.07, 6.45) is 1.05. The summed E-state index contributed by atoms with van der Waals surface area (Å²) in [5.74, 6) is -1.86. The van der Waals surface area contributed by atoms with Crippen molar-refractivity contribution in [1.29, 1.82) is 0 Å². The standard InChI is InChI=1S/C40H37N7O10S4/c1-21-14-30(33(48)15-22(21)2)47-61(56,57)27-11-7-9-24(17-27)46-60(54,55)26-10-6-8-23(16-26)38(51)41-32-19-31(36-35(37(32)50)40(3,4)20-34(49)42-36)43-44-39-28-18-25(59(5,52)53)12-13-29(28)45-58-39/h6-19,46-48,50H,20H2,1-5H3,(H,41,51)(H,42,49). The van der Waals surface area contributed by atoms with Crippen molar-refractivity contribution in [1.82, 2.24) is 4.37 Å². The molecule has 0 spiro atoms. The third kappa shape index (κ3) is 8.76. The van der Waals surface area contributed by atoms with Crippen molar-refractivity contribution in [3.63, 3.8) is 0 Å². The molecule has 7 rings (SSSR count). The number of carbonyl (C=O) groups excluding carboxylic acids is 2. The molecule has 17 nitrogen and oxygen atoms in total. The second-order valence-electron chi connectivity index (χ2n) is 15.0. The van der Waals surface area contributed by atoms with Crippen LogP contribution >= 0.6 is 11.5 Å². The highest BCUT2D eigenvalue weighted by atomic mass is 32.2. The monoisotopic (exact) mass is 903 g/mol. The topological polar surface area (TPSA) is 263 Å². The fourth-order valence-electron chi connectivity index (χ4n) is 6.63. The van der Waals surface area contributed by atoms with Crippen LogP contribution in [0.25, 0.3) is 10.9 Å². The van der Waals surface area contributed by atoms with E-state index in [1.165, 1.54) is 66.7 Å². The number of anilines is 4. The van der Waals surface area contributed by atoms with Crippen LogP contribution in [0.4, 0.5) is 33.4 Å². The summed E-state index contributed by atoms with van der Waals surface area (Å²) < 4.78 is 87.1. The zero-order valence-corrected chi connectivity index (χ0v) is 36.2. The Labute approximate surface area is 354 Å². The first kappa shape index (κ1) is 42.7. The van der Waals surface area contributed by atoms with Gasteiger partial charge in [0.2, 0.25) is 5.91 Å². The van der Waals surface area contributed by atoms with E-state index >= 15 is 0 Å². The molecule has 2 amide bonds. The SMILES string of the molecule is Cc1cc(O)c(NS(=O)(=O)c2cccc(NS(=O)(=O)c3cccc(C(=O)Nc4cc(N=Nc5snc6ccc(S(C)(=O)=O)cc56)c5c(c4O)C(C)(C)CC(=O)N5)c3)c2)cc1C. The molecule has 1 aliphatic rings. The van der Waals surface area contributed by atoms with E-state index in [0.29, 0.717) is 10.9 Å². The molecule has 1 aliphatic heterocycles. The first-order chi connectivity index (χ1) is 28.5. The predicted molar refractivity (Wildman–Crippen MR) is 231 cm³/mol. The van der Waals surface area contributed by atoms with Crippen LogP contribution in [0.1, 0.15) is 47.3 Å². The summed E-state index contributed by atoms with van der Waals surface area (Å²) in [5, 5.41) is 36.5. The normalized spacial score (nSPS) is 14.1. The van der Waals surface area contributed by atoms with E-state index in [-0.39, 0.29) is 83.1 Å². The Morgan fingerprint density at radius 2 is 1.48 bits per heavy atom. The summed E-state index contributed by atoms with van der Waals surface area (Å²) in [7, 11) is -12.3. The maximum Gasteiger partial charge on any atom is 0.262 e. The summed E-state index contributed by atoms with van der Waals surface area (Å²) in [5.41, 5.74) is 0.987. The Morgan fingerprint density at radius 3 is 2.20 bits per heavy atom. The molecule has 0 atom stereocenters. The van der Waals surface area contributed by atoms with Gasteiger partial charge < -0.3 is 20.8 Å². The van der Waals surface area contributed by atoms with Gasteiger partial charge in [-0.05, 0) is 109 Å². The molecule has 2 heterocycles. The van der Waals surface area contributed by atoms with E-state index in [4.69, 9.17) is 0 Å². The fraction of sp³-hybridized carbons (Fsp3) is 0.175. The number of benzene rings is 5. The predicted octanol–water partition coefficient (Wildman–Crippen LogP) is 7.62. The number of hydrogen-bond acceptors (Lipinski definition) is 14. The smallest absolute Gasteiger partial charge is 0.262 e. The van der Waals surface area contributed by atoms with Gasteiger partial charge in [0.05, 0.1) is 43.0 Å². The van der Waals surface area contributed by atoms with E-state index in [2.05, 4.69) is 34.7 Å². The minimum atomic E-state index is -4.42. The minimum absolute atomic E-state index is 0.0242. The summed E-state index contributed by atoms with van der Waals surface area (Å²) in [6.45, 7) is 6.95. The highest BCUT2D eigenvalue weighted by Crippen LogP contribution is 2.51. The van der Waals surface area contributed by atoms with Crippen molar-refractivity contribution in [3.05, 3.63) is 107 Å². The highest BCUT2D eigenvalue weighted by molar-refractivity contribution is 7.93. The van der Waals surface area contributed by atoms with Gasteiger partial charge in [-0.15, -0.1) is 10.2 Å². The maximum atomic E-state index is 13.8. The van der Waals surface area contributed by atoms with E-state index < -0.39 is 41.2 Å². The number of nitrogens with one attached hydrogen (secondary N) is 4. The molecule has 0 saturated heterocycles. The van der Waals surface area contributed by atoms with Crippen molar-refractivity contribution in [2.75, 3.05) is 26.3 Å². The Hall–Kier alpha value is -6.42. The molecule has 0 radical (unpaired) electrons. The van der Waals surface area contributed by atoms with Crippen molar-refractivity contribution in [2.24, 2.45) is 10.2 Å². The molecule has 6 N–H and O–H groups in total. The number of sulfone groups is 1. The average Bonchev–Trinajstić information content (AvgIpc) is 3.58. The second-order valence-corrected chi connectivity index (χ2v) is 21.1. The van der Waals surface area contributed by atoms with Crippen LogP contribution in [0.15, 0.2) is 110 Å². The molecule has 21 heteroatoms. The molecule has 0 bridgehead atoms. The van der Waals surface area contributed by atoms with Crippen LogP contribution in [0.5, 0.6) is 11.5 Å². The summed E-state index contributed by atoms with van der Waals surface area (Å²) >= 11 is 0.957. The van der Waals surface area contributed by atoms with Crippen LogP contribution < -0.4 is 20.1 Å². The first-order valence-corrected chi connectivity index (χ1v) is 23.7. The molecular weight excluding hydrogens is 867 g/mol. The first-order valence-electron chi connectivity index (χ1n) is 18.1. The lowest BCUT2D eigenvalue weighted by Crippen LogP contribution is -2.33. The molecule has 0 aliphatic carbocycles. The average molecular weight is 904 g/mol. The van der Waals surface area contributed by atoms with E-state index in [1.54, 1.807) is 33.8 Å². The van der Waals surface area contributed by atoms with Crippen molar-refractivity contribution in [2.45, 2.75) is 54.2 Å². The molecular formula is C40H37N7O10S4. The number of phenolic OH excluding ortho intramolecular Hbond substituents is 2. The van der Waals surface area contributed by atoms with Crippen molar-refractivity contribution < 1.29 is 45.1 Å². The Balaban J connectivity index is 1.17. The van der Waals surface area contributed by atoms with Gasteiger partial charge in [0.25, 0.3) is 26.0 Å². The highest BCUT2D eigenvalue weighted by Gasteiger charge is 2.38. The van der Waals surface area contributed by atoms with Gasteiger partial charge in [0, 0.05) is 34.6 Å². The number of carbonyl (C=O) groups is 2. The van der Waals surface area contributed by atoms with Crippen LogP contribution in [0.2, 0.25) is 0 Å². The fourth-order valence-corrected chi connectivity index (χ4v) is 10.2. The lowest BCUT2D eigenvalue weighted by Gasteiger charge is -2.34. The van der Waals surface area contributed by atoms with Gasteiger partial charge in [-0.25, -0.2) is 25.3 Å². The van der Waals surface area contributed by atoms with Crippen LogP contribution in [0, 0.1) is 13.8 Å². The lowest BCUT2D eigenvalue weighted by atomic mass is 9.76. The van der Waals surface area contributed by atoms with Crippen LogP contribution in [0.3, 0.4) is 0 Å². The number of hydrogen-bond donors (Lipinski definition) is 6. The molecule has 61 heavy (non-hydrogen) atoms. The second kappa shape index (κ2) is 15.6. The molecule has 0 saturated carbocycles. The number of azo groups is 1. The number of fused-ring (bicyclic) bond motifs is 2. The molecule has 0 fully saturated rings. The van der Waals surface area contributed by atoms with Gasteiger partial charge in [0.1, 0.15) is 17.2 Å². The van der Waals surface area contributed by atoms with Crippen molar-refractivity contribution in [3.8, 4) is 11.5 Å². The number of aromatic nitrogens is 1. The van der Waals surface area contributed by atoms with Crippen molar-refractivity contribution >= 4 is 97.6 Å². The van der Waals surface area contributed by atoms with Gasteiger partial charge in [-0.1, -0.05) is 26.0 Å². The minimum Gasteiger partial charge on any atom is -0.506 e. The Morgan fingerprint density at radius 1 is 0.803 bits per heavy atom. The zero-order chi connectivity index (χ0) is 44.2. The van der Waals surface area contributed by atoms with Gasteiger partial charge in [-0.2, -0.15) is 4.37 Å². The maximum absolute atomic E-state index is 13.8. The number of amides is 2. The van der Waals surface area contributed by atoms with E-state index in [9.17, 15) is 45.1 Å². The third-order valence-corrected chi connectivity index (χ3v) is 14.5. The quantitative estimate of drug-likeness (QED) is 0.0544. The Bertz CT molecular complexity index is 3200. The summed E-state index contributed by atoms with van der Waals surface area (Å²) in [6, 6.07) is 18.6. The number of rotatable bonds is 11. The number of aryl methyl sites for hydroxylation is 2. The number of aromatic hydroxyl groups is 2. The lowest BCUT2D eigenvalue weighted by molar-refractivity contribution is -0.117. The zero-order valence-electron chi connectivity index (χ0n) is 32.9. The molecule has 6 aromatic rings. The number of phenols is 2. The molecule has 316 valence electrons. The van der Waals surface area contributed by atoms with Crippen LogP contribution in [-0.4, -0.2) is 57.9 Å². The summed E-state index contributed by atoms with van der Waals surface area (Å²) in [4.78, 5) is 25.9. The van der Waals surface area contributed by atoms with Gasteiger partial charge >= 0.3 is 0 Å². The van der Waals surface area contributed by atoms with Gasteiger partial charge in [-0.3, -0.25) is 19.0 Å². The molecule has 1 aromatic heterocycles. The number of sulfonamides is 2. The van der Waals surface area contributed by atoms with E-state index in [0.717, 1.165) is 41.0 Å². The molecule has 5 aromatic carbocycles. The van der Waals surface area contributed by atoms with Gasteiger partial charge in [0.15, 0.2) is 14.8 Å². The van der Waals surface area contributed by atoms with Crippen LogP contribution in [-0.2, 0) is 40.1 Å². The van der Waals surface area contributed by atoms with E-state index in [1.807, 2.05) is 0 Å². The Kier molecular flexibility index (Phi) is 10.9. The number of nitrogens with zero attached hydrogens (tertiary/aromatic N) is 3. The third-order valence-electron chi connectivity index (χ3n) is 9.84.